The lowest BCUT2D eigenvalue weighted by Gasteiger charge is -2.08. The highest BCUT2D eigenvalue weighted by molar-refractivity contribution is 6.33. The third-order valence-corrected chi connectivity index (χ3v) is 2.85. The predicted octanol–water partition coefficient (Wildman–Crippen LogP) is 3.16. The van der Waals surface area contributed by atoms with E-state index in [4.69, 9.17) is 26.8 Å². The van der Waals surface area contributed by atoms with Gasteiger partial charge in [0.15, 0.2) is 0 Å². The van der Waals surface area contributed by atoms with Crippen molar-refractivity contribution in [2.24, 2.45) is 0 Å². The van der Waals surface area contributed by atoms with E-state index in [0.29, 0.717) is 11.3 Å². The smallest absolute Gasteiger partial charge is 0.339 e. The molecule has 0 aromatic heterocycles. The van der Waals surface area contributed by atoms with Crippen molar-refractivity contribution < 1.29 is 14.3 Å². The van der Waals surface area contributed by atoms with Crippen molar-refractivity contribution in [1.82, 2.24) is 0 Å². The molecule has 2 aromatic carbocycles. The molecule has 2 aromatic rings. The van der Waals surface area contributed by atoms with Crippen LogP contribution >= 0.6 is 11.6 Å². The van der Waals surface area contributed by atoms with E-state index in [-0.39, 0.29) is 18.2 Å². The maximum absolute atomic E-state index is 11.8. The van der Waals surface area contributed by atoms with Crippen LogP contribution in [-0.4, -0.2) is 19.2 Å². The normalized spacial score (nSPS) is 10.1. The molecule has 0 aliphatic heterocycles. The van der Waals surface area contributed by atoms with E-state index in [2.05, 4.69) is 0 Å². The molecule has 5 heteroatoms. The lowest BCUT2D eigenvalue weighted by atomic mass is 10.2. The van der Waals surface area contributed by atoms with Crippen molar-refractivity contribution in [3.8, 4) is 5.75 Å². The van der Waals surface area contributed by atoms with Crippen molar-refractivity contribution >= 4 is 23.3 Å². The summed E-state index contributed by atoms with van der Waals surface area (Å²) in [5.41, 5.74) is 6.35. The monoisotopic (exact) mass is 291 g/mol. The Hall–Kier alpha value is -2.20. The predicted molar refractivity (Wildman–Crippen MR) is 78.1 cm³/mol. The molecule has 0 atom stereocenters. The summed E-state index contributed by atoms with van der Waals surface area (Å²) in [4.78, 5) is 11.8. The number of rotatable bonds is 5. The molecule has 0 aliphatic carbocycles. The summed E-state index contributed by atoms with van der Waals surface area (Å²) in [5, 5.41) is 0.277. The minimum atomic E-state index is -0.494. The van der Waals surface area contributed by atoms with Crippen molar-refractivity contribution in [2.45, 2.75) is 0 Å². The molecule has 0 amide bonds. The molecule has 0 saturated heterocycles. The molecule has 104 valence electrons. The molecule has 0 radical (unpaired) electrons. The van der Waals surface area contributed by atoms with E-state index < -0.39 is 5.97 Å². The van der Waals surface area contributed by atoms with E-state index in [9.17, 15) is 4.79 Å². The van der Waals surface area contributed by atoms with Crippen molar-refractivity contribution in [2.75, 3.05) is 18.9 Å². The number of nitrogens with two attached hydrogens (primary N) is 1. The van der Waals surface area contributed by atoms with Gasteiger partial charge in [0, 0.05) is 5.69 Å². The second kappa shape index (κ2) is 6.82. The first-order chi connectivity index (χ1) is 9.66. The minimum absolute atomic E-state index is 0.147. The molecule has 0 bridgehead atoms. The quantitative estimate of drug-likeness (QED) is 0.522. The zero-order chi connectivity index (χ0) is 14.4. The number of benzene rings is 2. The Morgan fingerprint density at radius 1 is 1.10 bits per heavy atom. The molecule has 2 N–H and O–H groups in total. The molecule has 0 heterocycles. The number of anilines is 1. The summed E-state index contributed by atoms with van der Waals surface area (Å²) >= 11 is 5.92. The summed E-state index contributed by atoms with van der Waals surface area (Å²) in [6.07, 6.45) is 0. The van der Waals surface area contributed by atoms with E-state index >= 15 is 0 Å². The molecular weight excluding hydrogens is 278 g/mol. The first-order valence-corrected chi connectivity index (χ1v) is 6.44. The largest absolute Gasteiger partial charge is 0.490 e. The number of nitrogen functional groups attached to an aromatic ring is 1. The van der Waals surface area contributed by atoms with Crippen LogP contribution in [0.5, 0.6) is 5.75 Å². The fourth-order valence-electron chi connectivity index (χ4n) is 1.59. The maximum atomic E-state index is 11.8. The van der Waals surface area contributed by atoms with E-state index in [1.807, 2.05) is 30.3 Å². The van der Waals surface area contributed by atoms with Crippen LogP contribution in [0.15, 0.2) is 48.5 Å². The van der Waals surface area contributed by atoms with Gasteiger partial charge in [-0.3, -0.25) is 0 Å². The highest BCUT2D eigenvalue weighted by Crippen LogP contribution is 2.19. The van der Waals surface area contributed by atoms with Crippen LogP contribution in [0, 0.1) is 0 Å². The van der Waals surface area contributed by atoms with Gasteiger partial charge in [0.25, 0.3) is 0 Å². The molecule has 0 spiro atoms. The van der Waals surface area contributed by atoms with Crippen LogP contribution in [0.3, 0.4) is 0 Å². The van der Waals surface area contributed by atoms with Crippen LogP contribution in [0.4, 0.5) is 5.69 Å². The summed E-state index contributed by atoms with van der Waals surface area (Å²) in [6, 6.07) is 14.0. The van der Waals surface area contributed by atoms with Crippen LogP contribution in [0.1, 0.15) is 10.4 Å². The lowest BCUT2D eigenvalue weighted by molar-refractivity contribution is 0.0450. The number of halogens is 1. The Bertz CT molecular complexity index is 587. The Morgan fingerprint density at radius 2 is 1.85 bits per heavy atom. The van der Waals surface area contributed by atoms with Gasteiger partial charge < -0.3 is 15.2 Å². The van der Waals surface area contributed by atoms with Crippen LogP contribution in [-0.2, 0) is 4.74 Å². The van der Waals surface area contributed by atoms with Gasteiger partial charge >= 0.3 is 5.97 Å². The standard InChI is InChI=1S/C15H14ClNO3/c16-14-10-11(17)6-7-13(14)15(18)20-9-8-19-12-4-2-1-3-5-12/h1-7,10H,8-9,17H2. The van der Waals surface area contributed by atoms with Crippen LogP contribution < -0.4 is 10.5 Å². The highest BCUT2D eigenvalue weighted by Gasteiger charge is 2.11. The van der Waals surface area contributed by atoms with Gasteiger partial charge in [-0.05, 0) is 30.3 Å². The third kappa shape index (κ3) is 3.90. The minimum Gasteiger partial charge on any atom is -0.490 e. The zero-order valence-electron chi connectivity index (χ0n) is 10.7. The fraction of sp³-hybridized carbons (Fsp3) is 0.133. The summed E-state index contributed by atoms with van der Waals surface area (Å²) in [6.45, 7) is 0.427. The van der Waals surface area contributed by atoms with Gasteiger partial charge in [-0.25, -0.2) is 4.79 Å². The number of para-hydroxylation sites is 1. The van der Waals surface area contributed by atoms with Gasteiger partial charge in [0.2, 0.25) is 0 Å². The van der Waals surface area contributed by atoms with Gasteiger partial charge in [-0.15, -0.1) is 0 Å². The average molecular weight is 292 g/mol. The van der Waals surface area contributed by atoms with E-state index in [1.165, 1.54) is 12.1 Å². The summed E-state index contributed by atoms with van der Waals surface area (Å²) in [7, 11) is 0. The molecule has 0 fully saturated rings. The SMILES string of the molecule is Nc1ccc(C(=O)OCCOc2ccccc2)c(Cl)c1. The Morgan fingerprint density at radius 3 is 2.55 bits per heavy atom. The third-order valence-electron chi connectivity index (χ3n) is 2.54. The average Bonchev–Trinajstić information content (AvgIpc) is 2.44. The second-order valence-electron chi connectivity index (χ2n) is 4.04. The maximum Gasteiger partial charge on any atom is 0.339 e. The summed E-state index contributed by atoms with van der Waals surface area (Å²) < 4.78 is 10.5. The molecule has 2 rings (SSSR count). The van der Waals surface area contributed by atoms with Crippen LogP contribution in [0.25, 0.3) is 0 Å². The molecular formula is C15H14ClNO3. The summed E-state index contributed by atoms with van der Waals surface area (Å²) in [5.74, 6) is 0.237. The van der Waals surface area contributed by atoms with E-state index in [0.717, 1.165) is 5.75 Å². The number of hydrogen-bond donors (Lipinski definition) is 1. The molecule has 0 aliphatic rings. The Kier molecular flexibility index (Phi) is 4.85. The van der Waals surface area contributed by atoms with Crippen molar-refractivity contribution in [1.29, 1.82) is 0 Å². The second-order valence-corrected chi connectivity index (χ2v) is 4.44. The molecule has 0 unspecified atom stereocenters. The lowest BCUT2D eigenvalue weighted by Crippen LogP contribution is -2.12. The number of esters is 1. The van der Waals surface area contributed by atoms with Crippen molar-refractivity contribution in [3.63, 3.8) is 0 Å². The first-order valence-electron chi connectivity index (χ1n) is 6.07. The van der Waals surface area contributed by atoms with E-state index in [1.54, 1.807) is 6.07 Å². The zero-order valence-corrected chi connectivity index (χ0v) is 11.5. The Labute approximate surface area is 122 Å². The molecule has 20 heavy (non-hydrogen) atoms. The van der Waals surface area contributed by atoms with Crippen LogP contribution in [0.2, 0.25) is 5.02 Å². The topological polar surface area (TPSA) is 61.6 Å². The molecule has 4 nitrogen and oxygen atoms in total. The van der Waals surface area contributed by atoms with Gasteiger partial charge in [0.1, 0.15) is 19.0 Å². The number of ether oxygens (including phenoxy) is 2. The Balaban J connectivity index is 1.80. The van der Waals surface area contributed by atoms with Gasteiger partial charge in [0.05, 0.1) is 10.6 Å². The first kappa shape index (κ1) is 14.2. The number of hydrogen-bond acceptors (Lipinski definition) is 4. The van der Waals surface area contributed by atoms with Crippen molar-refractivity contribution in [3.05, 3.63) is 59.1 Å². The highest BCUT2D eigenvalue weighted by atomic mass is 35.5. The number of carbonyl (C=O) groups excluding carboxylic acids is 1. The van der Waals surface area contributed by atoms with Gasteiger partial charge in [-0.1, -0.05) is 29.8 Å². The fourth-order valence-corrected chi connectivity index (χ4v) is 1.85. The van der Waals surface area contributed by atoms with Gasteiger partial charge in [-0.2, -0.15) is 0 Å². The molecule has 0 saturated carbocycles. The number of carbonyl (C=O) groups is 1.